The van der Waals surface area contributed by atoms with Crippen LogP contribution in [-0.2, 0) is 0 Å². The molecule has 0 fully saturated rings. The van der Waals surface area contributed by atoms with Gasteiger partial charge in [0.1, 0.15) is 0 Å². The van der Waals surface area contributed by atoms with Crippen molar-refractivity contribution in [1.82, 2.24) is 4.98 Å². The number of anilines is 1. The van der Waals surface area contributed by atoms with Crippen LogP contribution in [0.3, 0.4) is 0 Å². The molecular weight excluding hydrogens is 220 g/mol. The first-order valence-electron chi connectivity index (χ1n) is 5.14. The molecule has 0 unspecified atom stereocenters. The minimum Gasteiger partial charge on any atom is -0.397 e. The summed E-state index contributed by atoms with van der Waals surface area (Å²) in [6, 6.07) is 3.79. The fourth-order valence-corrected chi connectivity index (χ4v) is 1.75. The van der Waals surface area contributed by atoms with Crippen LogP contribution in [0.25, 0.3) is 5.57 Å². The molecular formula is C13H13ClN2. The summed E-state index contributed by atoms with van der Waals surface area (Å²) in [4.78, 5) is 4.45. The summed E-state index contributed by atoms with van der Waals surface area (Å²) in [7, 11) is 0. The Labute approximate surface area is 100 Å². The van der Waals surface area contributed by atoms with E-state index in [0.29, 0.717) is 5.69 Å². The molecule has 1 aromatic heterocycles. The highest BCUT2D eigenvalue weighted by Gasteiger charge is 2.04. The standard InChI is InChI=1S/C13H13ClN2/c1-9-12(15)6-7-13(16-9)10-4-2-3-5-11(14)8-10/h3-8H,2,15H2,1H3. The van der Waals surface area contributed by atoms with Crippen LogP contribution in [0.4, 0.5) is 5.69 Å². The Kier molecular flexibility index (Phi) is 3.11. The molecule has 2 N–H and O–H groups in total. The zero-order valence-electron chi connectivity index (χ0n) is 9.07. The molecule has 0 atom stereocenters. The Bertz CT molecular complexity index is 499. The maximum absolute atomic E-state index is 6.02. The molecule has 2 nitrogen and oxygen atoms in total. The number of nitrogens with two attached hydrogens (primary N) is 1. The van der Waals surface area contributed by atoms with Crippen LogP contribution < -0.4 is 5.73 Å². The molecule has 0 saturated carbocycles. The largest absolute Gasteiger partial charge is 0.397 e. The third-order valence-electron chi connectivity index (χ3n) is 2.47. The van der Waals surface area contributed by atoms with E-state index in [2.05, 4.69) is 11.1 Å². The molecule has 1 aromatic rings. The zero-order chi connectivity index (χ0) is 11.5. The van der Waals surface area contributed by atoms with Gasteiger partial charge >= 0.3 is 0 Å². The number of pyridine rings is 1. The first kappa shape index (κ1) is 11.0. The summed E-state index contributed by atoms with van der Waals surface area (Å²) in [6.07, 6.45) is 8.81. The second-order valence-corrected chi connectivity index (χ2v) is 4.13. The molecule has 1 heterocycles. The van der Waals surface area contributed by atoms with E-state index in [1.165, 1.54) is 0 Å². The van der Waals surface area contributed by atoms with Crippen molar-refractivity contribution < 1.29 is 0 Å². The van der Waals surface area contributed by atoms with E-state index in [1.807, 2.05) is 37.3 Å². The lowest BCUT2D eigenvalue weighted by atomic mass is 10.1. The van der Waals surface area contributed by atoms with Gasteiger partial charge in [-0.1, -0.05) is 23.8 Å². The fraction of sp³-hybridized carbons (Fsp3) is 0.154. The van der Waals surface area contributed by atoms with E-state index >= 15 is 0 Å². The van der Waals surface area contributed by atoms with Gasteiger partial charge in [0.25, 0.3) is 0 Å². The van der Waals surface area contributed by atoms with Gasteiger partial charge < -0.3 is 5.73 Å². The Morgan fingerprint density at radius 3 is 2.94 bits per heavy atom. The lowest BCUT2D eigenvalue weighted by Crippen LogP contribution is -1.96. The van der Waals surface area contributed by atoms with Crippen molar-refractivity contribution in [2.24, 2.45) is 0 Å². The van der Waals surface area contributed by atoms with Gasteiger partial charge in [0, 0.05) is 5.03 Å². The van der Waals surface area contributed by atoms with Crippen molar-refractivity contribution in [3.05, 3.63) is 52.9 Å². The van der Waals surface area contributed by atoms with Gasteiger partial charge in [0.05, 0.1) is 17.1 Å². The first-order valence-corrected chi connectivity index (χ1v) is 5.52. The lowest BCUT2D eigenvalue weighted by Gasteiger charge is -2.05. The fourth-order valence-electron chi connectivity index (χ4n) is 1.54. The number of allylic oxidation sites excluding steroid dienone is 6. The SMILES string of the molecule is Cc1nc(C2=CCC=CC(Cl)=C2)ccc1N. The molecule has 0 aliphatic heterocycles. The highest BCUT2D eigenvalue weighted by molar-refractivity contribution is 6.31. The van der Waals surface area contributed by atoms with E-state index in [-0.39, 0.29) is 0 Å². The van der Waals surface area contributed by atoms with Gasteiger partial charge in [-0.05, 0) is 43.2 Å². The third kappa shape index (κ3) is 2.34. The number of nitrogen functional groups attached to an aromatic ring is 1. The normalized spacial score (nSPS) is 15.4. The molecule has 1 aliphatic carbocycles. The van der Waals surface area contributed by atoms with Crippen molar-refractivity contribution in [3.8, 4) is 0 Å². The molecule has 0 saturated heterocycles. The summed E-state index contributed by atoms with van der Waals surface area (Å²) < 4.78 is 0. The van der Waals surface area contributed by atoms with Crippen LogP contribution in [0.5, 0.6) is 0 Å². The number of hydrogen-bond donors (Lipinski definition) is 1. The molecule has 1 aliphatic rings. The summed E-state index contributed by atoms with van der Waals surface area (Å²) in [5.41, 5.74) is 9.25. The van der Waals surface area contributed by atoms with Crippen molar-refractivity contribution in [1.29, 1.82) is 0 Å². The average molecular weight is 233 g/mol. The number of nitrogens with zero attached hydrogens (tertiary/aromatic N) is 1. The van der Waals surface area contributed by atoms with Crippen LogP contribution in [0.2, 0.25) is 0 Å². The quantitative estimate of drug-likeness (QED) is 0.806. The Hall–Kier alpha value is -1.54. The van der Waals surface area contributed by atoms with Crippen molar-refractivity contribution in [2.75, 3.05) is 5.73 Å². The zero-order valence-corrected chi connectivity index (χ0v) is 9.83. The van der Waals surface area contributed by atoms with E-state index in [1.54, 1.807) is 0 Å². The highest BCUT2D eigenvalue weighted by Crippen LogP contribution is 2.23. The molecule has 0 amide bonds. The summed E-state index contributed by atoms with van der Waals surface area (Å²) >= 11 is 6.02. The summed E-state index contributed by atoms with van der Waals surface area (Å²) in [5, 5.41) is 0.722. The van der Waals surface area contributed by atoms with Gasteiger partial charge in [0.15, 0.2) is 0 Å². The molecule has 2 rings (SSSR count). The monoisotopic (exact) mass is 232 g/mol. The van der Waals surface area contributed by atoms with E-state index < -0.39 is 0 Å². The van der Waals surface area contributed by atoms with E-state index in [9.17, 15) is 0 Å². The van der Waals surface area contributed by atoms with Crippen molar-refractivity contribution in [3.63, 3.8) is 0 Å². The molecule has 16 heavy (non-hydrogen) atoms. The molecule has 3 heteroatoms. The third-order valence-corrected chi connectivity index (χ3v) is 2.70. The maximum atomic E-state index is 6.02. The average Bonchev–Trinajstić information content (AvgIpc) is 2.47. The predicted octanol–water partition coefficient (Wildman–Crippen LogP) is 3.44. The topological polar surface area (TPSA) is 38.9 Å². The van der Waals surface area contributed by atoms with Crippen molar-refractivity contribution in [2.45, 2.75) is 13.3 Å². The molecule has 0 aromatic carbocycles. The van der Waals surface area contributed by atoms with Gasteiger partial charge in [-0.15, -0.1) is 0 Å². The summed E-state index contributed by atoms with van der Waals surface area (Å²) in [6.45, 7) is 1.90. The number of aryl methyl sites for hydroxylation is 1. The first-order chi connectivity index (χ1) is 7.66. The molecule has 0 radical (unpaired) electrons. The van der Waals surface area contributed by atoms with Crippen molar-refractivity contribution >= 4 is 22.9 Å². The summed E-state index contributed by atoms with van der Waals surface area (Å²) in [5.74, 6) is 0. The lowest BCUT2D eigenvalue weighted by molar-refractivity contribution is 1.17. The second-order valence-electron chi connectivity index (χ2n) is 3.70. The van der Waals surface area contributed by atoms with Gasteiger partial charge in [0.2, 0.25) is 0 Å². The van der Waals surface area contributed by atoms with Crippen LogP contribution >= 0.6 is 11.6 Å². The number of rotatable bonds is 1. The van der Waals surface area contributed by atoms with Gasteiger partial charge in [-0.25, -0.2) is 0 Å². The van der Waals surface area contributed by atoms with Crippen LogP contribution in [0.15, 0.2) is 41.5 Å². The van der Waals surface area contributed by atoms with Gasteiger partial charge in [-0.3, -0.25) is 4.98 Å². The number of hydrogen-bond acceptors (Lipinski definition) is 2. The van der Waals surface area contributed by atoms with Crippen LogP contribution in [0.1, 0.15) is 17.8 Å². The molecule has 82 valence electrons. The molecule has 0 bridgehead atoms. The minimum absolute atomic E-state index is 0.714. The highest BCUT2D eigenvalue weighted by atomic mass is 35.5. The minimum atomic E-state index is 0.714. The molecule has 0 spiro atoms. The second kappa shape index (κ2) is 4.54. The van der Waals surface area contributed by atoms with Crippen LogP contribution in [0, 0.1) is 6.92 Å². The number of halogens is 1. The Balaban J connectivity index is 2.41. The van der Waals surface area contributed by atoms with Gasteiger partial charge in [-0.2, -0.15) is 0 Å². The number of aromatic nitrogens is 1. The van der Waals surface area contributed by atoms with E-state index in [4.69, 9.17) is 17.3 Å². The van der Waals surface area contributed by atoms with E-state index in [0.717, 1.165) is 28.4 Å². The maximum Gasteiger partial charge on any atom is 0.0704 e. The smallest absolute Gasteiger partial charge is 0.0704 e. The Morgan fingerprint density at radius 1 is 1.38 bits per heavy atom. The predicted molar refractivity (Wildman–Crippen MR) is 69.1 cm³/mol. The van der Waals surface area contributed by atoms with Crippen LogP contribution in [-0.4, -0.2) is 4.98 Å². The Morgan fingerprint density at radius 2 is 2.19 bits per heavy atom.